The van der Waals surface area contributed by atoms with Gasteiger partial charge in [0.05, 0.1) is 7.11 Å². The number of hydrogen-bond acceptors (Lipinski definition) is 3. The molecule has 0 bridgehead atoms. The smallest absolute Gasteiger partial charge is 0.164 e. The van der Waals surface area contributed by atoms with Gasteiger partial charge in [0.1, 0.15) is 11.9 Å². The van der Waals surface area contributed by atoms with Crippen molar-refractivity contribution in [1.82, 2.24) is 0 Å². The summed E-state index contributed by atoms with van der Waals surface area (Å²) in [5, 5.41) is 9.92. The molecule has 0 saturated heterocycles. The third-order valence-corrected chi connectivity index (χ3v) is 4.00. The third kappa shape index (κ3) is 1.90. The molecular weight excluding hydrogens is 252 g/mol. The second kappa shape index (κ2) is 4.75. The van der Waals surface area contributed by atoms with Crippen LogP contribution in [0.5, 0.6) is 17.2 Å². The van der Waals surface area contributed by atoms with Crippen LogP contribution in [0.2, 0.25) is 0 Å². The van der Waals surface area contributed by atoms with E-state index in [0.29, 0.717) is 5.75 Å². The topological polar surface area (TPSA) is 38.7 Å². The van der Waals surface area contributed by atoms with Crippen molar-refractivity contribution in [1.29, 1.82) is 0 Å². The zero-order valence-corrected chi connectivity index (χ0v) is 11.9. The highest BCUT2D eigenvalue weighted by atomic mass is 16.5. The molecule has 0 aromatic heterocycles. The summed E-state index contributed by atoms with van der Waals surface area (Å²) in [6.07, 6.45) is -0.0160. The predicted octanol–water partition coefficient (Wildman–Crippen LogP) is 3.95. The number of methoxy groups -OCH3 is 1. The lowest BCUT2D eigenvalue weighted by atomic mass is 9.90. The summed E-state index contributed by atoms with van der Waals surface area (Å²) < 4.78 is 11.2. The van der Waals surface area contributed by atoms with Crippen molar-refractivity contribution < 1.29 is 14.6 Å². The summed E-state index contributed by atoms with van der Waals surface area (Å²) in [6.45, 7) is 4.21. The Morgan fingerprint density at radius 1 is 1.15 bits per heavy atom. The van der Waals surface area contributed by atoms with Gasteiger partial charge in [-0.15, -0.1) is 0 Å². The number of rotatable bonds is 2. The van der Waals surface area contributed by atoms with Gasteiger partial charge >= 0.3 is 0 Å². The standard InChI is InChI=1S/C17H18O3/c1-10-6-4-5-7-12(10)17-11(2)13-8-14(18)16(19-3)9-15(13)20-17/h4-9,11,17-18H,1-3H3/t11-,17-/m0/s1. The zero-order chi connectivity index (χ0) is 14.3. The highest BCUT2D eigenvalue weighted by molar-refractivity contribution is 5.54. The summed E-state index contributed by atoms with van der Waals surface area (Å²) in [6, 6.07) is 11.8. The summed E-state index contributed by atoms with van der Waals surface area (Å²) in [7, 11) is 1.54. The van der Waals surface area contributed by atoms with Crippen molar-refractivity contribution in [3.63, 3.8) is 0 Å². The van der Waals surface area contributed by atoms with Crippen molar-refractivity contribution in [3.8, 4) is 17.2 Å². The molecular formula is C17H18O3. The van der Waals surface area contributed by atoms with Gasteiger partial charge < -0.3 is 14.6 Å². The minimum atomic E-state index is -0.0160. The van der Waals surface area contributed by atoms with E-state index < -0.39 is 0 Å². The van der Waals surface area contributed by atoms with Crippen molar-refractivity contribution in [2.24, 2.45) is 0 Å². The average Bonchev–Trinajstić information content (AvgIpc) is 2.75. The van der Waals surface area contributed by atoms with Crippen molar-refractivity contribution in [3.05, 3.63) is 53.1 Å². The fraction of sp³-hybridized carbons (Fsp3) is 0.294. The Balaban J connectivity index is 2.02. The Morgan fingerprint density at radius 3 is 2.60 bits per heavy atom. The summed E-state index contributed by atoms with van der Waals surface area (Å²) >= 11 is 0. The third-order valence-electron chi connectivity index (χ3n) is 4.00. The maximum atomic E-state index is 9.92. The van der Waals surface area contributed by atoms with Gasteiger partial charge in [0.2, 0.25) is 0 Å². The van der Waals surface area contributed by atoms with Crippen LogP contribution in [0.4, 0.5) is 0 Å². The number of benzene rings is 2. The largest absolute Gasteiger partial charge is 0.504 e. The van der Waals surface area contributed by atoms with Crippen LogP contribution < -0.4 is 9.47 Å². The summed E-state index contributed by atoms with van der Waals surface area (Å²) in [4.78, 5) is 0. The molecule has 20 heavy (non-hydrogen) atoms. The molecule has 0 fully saturated rings. The van der Waals surface area contributed by atoms with Crippen LogP contribution in [0.3, 0.4) is 0 Å². The SMILES string of the molecule is COc1cc2c(cc1O)[C@H](C)[C@@H](c1ccccc1C)O2. The van der Waals surface area contributed by atoms with E-state index in [1.807, 2.05) is 12.1 Å². The number of hydrogen-bond donors (Lipinski definition) is 1. The van der Waals surface area contributed by atoms with E-state index in [4.69, 9.17) is 9.47 Å². The molecule has 3 rings (SSSR count). The second-order valence-corrected chi connectivity index (χ2v) is 5.25. The van der Waals surface area contributed by atoms with Crippen LogP contribution in [0.1, 0.15) is 35.6 Å². The lowest BCUT2D eigenvalue weighted by molar-refractivity contribution is 0.214. The van der Waals surface area contributed by atoms with Crippen molar-refractivity contribution >= 4 is 0 Å². The molecule has 2 atom stereocenters. The predicted molar refractivity (Wildman–Crippen MR) is 77.6 cm³/mol. The van der Waals surface area contributed by atoms with E-state index in [1.165, 1.54) is 11.1 Å². The van der Waals surface area contributed by atoms with Gasteiger partial charge in [-0.1, -0.05) is 31.2 Å². The van der Waals surface area contributed by atoms with Gasteiger partial charge in [-0.2, -0.15) is 0 Å². The van der Waals surface area contributed by atoms with Gasteiger partial charge in [-0.25, -0.2) is 0 Å². The van der Waals surface area contributed by atoms with Crippen molar-refractivity contribution in [2.45, 2.75) is 25.9 Å². The minimum Gasteiger partial charge on any atom is -0.504 e. The molecule has 1 N–H and O–H groups in total. The van der Waals surface area contributed by atoms with Crippen LogP contribution in [0, 0.1) is 6.92 Å². The number of aromatic hydroxyl groups is 1. The van der Waals surface area contributed by atoms with Gasteiger partial charge in [-0.05, 0) is 24.1 Å². The van der Waals surface area contributed by atoms with Crippen LogP contribution in [-0.2, 0) is 0 Å². The van der Waals surface area contributed by atoms with E-state index in [9.17, 15) is 5.11 Å². The monoisotopic (exact) mass is 270 g/mol. The molecule has 1 heterocycles. The number of ether oxygens (including phenoxy) is 2. The van der Waals surface area contributed by atoms with Crippen LogP contribution in [0.25, 0.3) is 0 Å². The average molecular weight is 270 g/mol. The van der Waals surface area contributed by atoms with Crippen LogP contribution >= 0.6 is 0 Å². The van der Waals surface area contributed by atoms with Gasteiger partial charge in [-0.3, -0.25) is 0 Å². The van der Waals surface area contributed by atoms with Crippen LogP contribution in [-0.4, -0.2) is 12.2 Å². The fourth-order valence-electron chi connectivity index (χ4n) is 2.83. The highest BCUT2D eigenvalue weighted by Gasteiger charge is 2.34. The maximum absolute atomic E-state index is 9.92. The molecule has 0 spiro atoms. The molecule has 1 aliphatic heterocycles. The van der Waals surface area contributed by atoms with E-state index in [2.05, 4.69) is 26.0 Å². The molecule has 2 aromatic carbocycles. The maximum Gasteiger partial charge on any atom is 0.164 e. The van der Waals surface area contributed by atoms with E-state index in [-0.39, 0.29) is 17.8 Å². The van der Waals surface area contributed by atoms with Crippen LogP contribution in [0.15, 0.2) is 36.4 Å². The number of phenols is 1. The van der Waals surface area contributed by atoms with E-state index in [0.717, 1.165) is 11.3 Å². The first-order valence-electron chi connectivity index (χ1n) is 6.75. The second-order valence-electron chi connectivity index (χ2n) is 5.25. The molecule has 0 radical (unpaired) electrons. The molecule has 0 amide bonds. The molecule has 0 aliphatic carbocycles. The molecule has 0 unspecified atom stereocenters. The van der Waals surface area contributed by atoms with Gasteiger partial charge in [0, 0.05) is 17.5 Å². The minimum absolute atomic E-state index is 0.0160. The summed E-state index contributed by atoms with van der Waals surface area (Å²) in [5.41, 5.74) is 3.43. The first-order chi connectivity index (χ1) is 9.61. The number of aryl methyl sites for hydroxylation is 1. The Bertz CT molecular complexity index is 649. The first kappa shape index (κ1) is 12.9. The lowest BCUT2D eigenvalue weighted by Crippen LogP contribution is -2.08. The highest BCUT2D eigenvalue weighted by Crippen LogP contribution is 2.49. The van der Waals surface area contributed by atoms with Gasteiger partial charge in [0.15, 0.2) is 11.5 Å². The zero-order valence-electron chi connectivity index (χ0n) is 11.9. The Labute approximate surface area is 118 Å². The Kier molecular flexibility index (Phi) is 3.05. The number of phenolic OH excluding ortho intramolecular Hbond substituents is 1. The van der Waals surface area contributed by atoms with Crippen molar-refractivity contribution in [2.75, 3.05) is 7.11 Å². The quantitative estimate of drug-likeness (QED) is 0.898. The normalized spacial score (nSPS) is 20.4. The molecule has 3 nitrogen and oxygen atoms in total. The Morgan fingerprint density at radius 2 is 1.90 bits per heavy atom. The lowest BCUT2D eigenvalue weighted by Gasteiger charge is -2.17. The Hall–Kier alpha value is -2.16. The van der Waals surface area contributed by atoms with E-state index in [1.54, 1.807) is 19.2 Å². The number of fused-ring (bicyclic) bond motifs is 1. The molecule has 1 aliphatic rings. The molecule has 104 valence electrons. The molecule has 3 heteroatoms. The summed E-state index contributed by atoms with van der Waals surface area (Å²) in [5.74, 6) is 1.59. The van der Waals surface area contributed by atoms with E-state index >= 15 is 0 Å². The van der Waals surface area contributed by atoms with Gasteiger partial charge in [0.25, 0.3) is 0 Å². The molecule has 0 saturated carbocycles. The fourth-order valence-corrected chi connectivity index (χ4v) is 2.83. The first-order valence-corrected chi connectivity index (χ1v) is 6.75. The molecule has 2 aromatic rings.